The summed E-state index contributed by atoms with van der Waals surface area (Å²) in [4.78, 5) is 15.5. The summed E-state index contributed by atoms with van der Waals surface area (Å²) >= 11 is 0. The van der Waals surface area contributed by atoms with Crippen molar-refractivity contribution in [3.63, 3.8) is 0 Å². The van der Waals surface area contributed by atoms with Crippen LogP contribution in [0.1, 0.15) is 11.4 Å². The van der Waals surface area contributed by atoms with Gasteiger partial charge in [-0.3, -0.25) is 4.79 Å². The Bertz CT molecular complexity index is 601. The molecule has 1 saturated heterocycles. The summed E-state index contributed by atoms with van der Waals surface area (Å²) < 4.78 is 6.61. The average molecular weight is 233 g/mol. The Hall–Kier alpha value is -1.95. The quantitative estimate of drug-likeness (QED) is 0.812. The first kappa shape index (κ1) is 10.2. The summed E-state index contributed by atoms with van der Waals surface area (Å²) in [6, 6.07) is 3.74. The van der Waals surface area contributed by atoms with Gasteiger partial charge >= 0.3 is 5.97 Å². The van der Waals surface area contributed by atoms with E-state index in [1.807, 2.05) is 25.3 Å². The number of ether oxygens (including phenoxy) is 1. The van der Waals surface area contributed by atoms with E-state index in [1.165, 1.54) is 0 Å². The molecule has 0 radical (unpaired) electrons. The van der Waals surface area contributed by atoms with Crippen LogP contribution in [0.15, 0.2) is 18.3 Å². The highest BCUT2D eigenvalue weighted by Gasteiger charge is 2.51. The number of hydrogen-bond acceptors (Lipinski definition) is 4. The minimum Gasteiger partial charge on any atom is -0.480 e. The van der Waals surface area contributed by atoms with Crippen LogP contribution in [0, 0.1) is 6.92 Å². The molecule has 0 saturated carbocycles. The fraction of sp³-hybridized carbons (Fsp3) is 0.364. The van der Waals surface area contributed by atoms with Crippen LogP contribution < -0.4 is 0 Å². The van der Waals surface area contributed by atoms with Crippen molar-refractivity contribution in [3.8, 4) is 0 Å². The topological polar surface area (TPSA) is 76.7 Å². The lowest BCUT2D eigenvalue weighted by Gasteiger charge is -2.34. The van der Waals surface area contributed by atoms with Crippen LogP contribution in [0.3, 0.4) is 0 Å². The maximum Gasteiger partial charge on any atom is 0.322 e. The van der Waals surface area contributed by atoms with E-state index in [1.54, 1.807) is 4.52 Å². The Balaban J connectivity index is 2.14. The highest BCUT2D eigenvalue weighted by Crippen LogP contribution is 2.30. The Morgan fingerprint density at radius 3 is 2.88 bits per heavy atom. The molecule has 0 aliphatic carbocycles. The molecule has 1 aliphatic rings. The number of carboxylic acids is 1. The number of fused-ring (bicyclic) bond motifs is 1. The zero-order valence-electron chi connectivity index (χ0n) is 9.25. The van der Waals surface area contributed by atoms with Gasteiger partial charge in [0.05, 0.1) is 13.2 Å². The standard InChI is InChI=1S/C11H11N3O3/c1-7-2-3-8-12-9(13-14(8)4-7)11(10(15)16)5-17-6-11/h2-4H,5-6H2,1H3,(H,15,16). The lowest BCUT2D eigenvalue weighted by atomic mass is 9.85. The second-order valence-corrected chi connectivity index (χ2v) is 4.32. The molecule has 0 spiro atoms. The summed E-state index contributed by atoms with van der Waals surface area (Å²) in [5.74, 6) is -0.613. The zero-order chi connectivity index (χ0) is 12.0. The summed E-state index contributed by atoms with van der Waals surface area (Å²) in [7, 11) is 0. The van der Waals surface area contributed by atoms with Crippen molar-refractivity contribution in [2.24, 2.45) is 0 Å². The fourth-order valence-corrected chi connectivity index (χ4v) is 1.84. The van der Waals surface area contributed by atoms with Gasteiger partial charge in [0.2, 0.25) is 0 Å². The number of pyridine rings is 1. The Labute approximate surface area is 96.8 Å². The smallest absolute Gasteiger partial charge is 0.322 e. The molecule has 3 heterocycles. The predicted octanol–water partition coefficient (Wildman–Crippen LogP) is 0.390. The van der Waals surface area contributed by atoms with E-state index in [2.05, 4.69) is 10.1 Å². The van der Waals surface area contributed by atoms with Crippen molar-refractivity contribution in [2.45, 2.75) is 12.3 Å². The van der Waals surface area contributed by atoms with Crippen LogP contribution >= 0.6 is 0 Å². The number of aromatic nitrogens is 3. The lowest BCUT2D eigenvalue weighted by Crippen LogP contribution is -2.53. The van der Waals surface area contributed by atoms with E-state index in [0.717, 1.165) is 5.56 Å². The van der Waals surface area contributed by atoms with Crippen LogP contribution in [0.5, 0.6) is 0 Å². The number of nitrogens with zero attached hydrogens (tertiary/aromatic N) is 3. The molecule has 0 amide bonds. The third-order valence-electron chi connectivity index (χ3n) is 3.01. The predicted molar refractivity (Wildman–Crippen MR) is 57.9 cm³/mol. The van der Waals surface area contributed by atoms with Crippen molar-refractivity contribution < 1.29 is 14.6 Å². The molecule has 1 fully saturated rings. The van der Waals surface area contributed by atoms with E-state index < -0.39 is 11.4 Å². The normalized spacial score (nSPS) is 17.9. The molecule has 0 aromatic carbocycles. The van der Waals surface area contributed by atoms with Gasteiger partial charge in [-0.1, -0.05) is 6.07 Å². The van der Waals surface area contributed by atoms with Crippen molar-refractivity contribution >= 4 is 11.6 Å². The van der Waals surface area contributed by atoms with Crippen molar-refractivity contribution in [2.75, 3.05) is 13.2 Å². The average Bonchev–Trinajstić information content (AvgIpc) is 2.57. The molecule has 0 bridgehead atoms. The highest BCUT2D eigenvalue weighted by atomic mass is 16.5. The van der Waals surface area contributed by atoms with Crippen LogP contribution in [0.4, 0.5) is 0 Å². The number of aryl methyl sites for hydroxylation is 1. The van der Waals surface area contributed by atoms with Crippen molar-refractivity contribution in [3.05, 3.63) is 29.7 Å². The van der Waals surface area contributed by atoms with Crippen LogP contribution in [0.2, 0.25) is 0 Å². The summed E-state index contributed by atoms with van der Waals surface area (Å²) in [6.45, 7) is 2.22. The molecule has 3 rings (SSSR count). The van der Waals surface area contributed by atoms with Gasteiger partial charge in [0.15, 0.2) is 16.9 Å². The Morgan fingerprint density at radius 1 is 1.53 bits per heavy atom. The van der Waals surface area contributed by atoms with Crippen molar-refractivity contribution in [1.29, 1.82) is 0 Å². The molecule has 6 nitrogen and oxygen atoms in total. The van der Waals surface area contributed by atoms with Gasteiger partial charge in [0.25, 0.3) is 0 Å². The molecule has 0 atom stereocenters. The first-order chi connectivity index (χ1) is 8.12. The first-order valence-corrected chi connectivity index (χ1v) is 5.26. The molecule has 1 aliphatic heterocycles. The zero-order valence-corrected chi connectivity index (χ0v) is 9.25. The molecule has 17 heavy (non-hydrogen) atoms. The minimum absolute atomic E-state index is 0.137. The molecular formula is C11H11N3O3. The van der Waals surface area contributed by atoms with Crippen LogP contribution in [-0.4, -0.2) is 38.9 Å². The minimum atomic E-state index is -1.07. The molecule has 0 unspecified atom stereocenters. The SMILES string of the molecule is Cc1ccc2nc(C3(C(=O)O)COC3)nn2c1. The lowest BCUT2D eigenvalue weighted by molar-refractivity contribution is -0.164. The third-order valence-corrected chi connectivity index (χ3v) is 3.01. The van der Waals surface area contributed by atoms with Gasteiger partial charge in [0.1, 0.15) is 0 Å². The van der Waals surface area contributed by atoms with Crippen LogP contribution in [-0.2, 0) is 14.9 Å². The molecule has 1 N–H and O–H groups in total. The summed E-state index contributed by atoms with van der Waals surface area (Å²) in [5.41, 5.74) is 0.626. The van der Waals surface area contributed by atoms with Gasteiger partial charge in [-0.15, -0.1) is 5.10 Å². The summed E-state index contributed by atoms with van der Waals surface area (Å²) in [5, 5.41) is 13.5. The maximum atomic E-state index is 11.3. The Morgan fingerprint density at radius 2 is 2.29 bits per heavy atom. The first-order valence-electron chi connectivity index (χ1n) is 5.26. The van der Waals surface area contributed by atoms with Gasteiger partial charge in [-0.25, -0.2) is 9.50 Å². The monoisotopic (exact) mass is 233 g/mol. The van der Waals surface area contributed by atoms with Gasteiger partial charge in [0, 0.05) is 6.20 Å². The van der Waals surface area contributed by atoms with Gasteiger partial charge in [-0.2, -0.15) is 0 Å². The highest BCUT2D eigenvalue weighted by molar-refractivity contribution is 5.81. The fourth-order valence-electron chi connectivity index (χ4n) is 1.84. The van der Waals surface area contributed by atoms with E-state index in [0.29, 0.717) is 11.5 Å². The van der Waals surface area contributed by atoms with Gasteiger partial charge < -0.3 is 9.84 Å². The summed E-state index contributed by atoms with van der Waals surface area (Å²) in [6.07, 6.45) is 1.82. The van der Waals surface area contributed by atoms with Crippen LogP contribution in [0.25, 0.3) is 5.65 Å². The molecule has 6 heteroatoms. The van der Waals surface area contributed by atoms with E-state index in [4.69, 9.17) is 4.74 Å². The van der Waals surface area contributed by atoms with E-state index in [-0.39, 0.29) is 13.2 Å². The largest absolute Gasteiger partial charge is 0.480 e. The number of carbonyl (C=O) groups is 1. The number of rotatable bonds is 2. The van der Waals surface area contributed by atoms with E-state index >= 15 is 0 Å². The number of carboxylic acid groups (broad SMARTS) is 1. The van der Waals surface area contributed by atoms with E-state index in [9.17, 15) is 9.90 Å². The number of aliphatic carboxylic acids is 1. The molecule has 88 valence electrons. The third kappa shape index (κ3) is 1.34. The second kappa shape index (κ2) is 3.27. The maximum absolute atomic E-state index is 11.3. The van der Waals surface area contributed by atoms with Gasteiger partial charge in [-0.05, 0) is 18.6 Å². The molecular weight excluding hydrogens is 222 g/mol. The second-order valence-electron chi connectivity index (χ2n) is 4.32. The van der Waals surface area contributed by atoms with Crippen molar-refractivity contribution in [1.82, 2.24) is 14.6 Å². The molecule has 2 aromatic heterocycles. The molecule has 2 aromatic rings. The number of hydrogen-bond donors (Lipinski definition) is 1. The Kier molecular flexibility index (Phi) is 1.97.